The molecule has 0 radical (unpaired) electrons. The van der Waals surface area contributed by atoms with Gasteiger partial charge < -0.3 is 9.64 Å². The summed E-state index contributed by atoms with van der Waals surface area (Å²) in [5, 5.41) is 0. The summed E-state index contributed by atoms with van der Waals surface area (Å²) in [7, 11) is 3.70. The Labute approximate surface area is 132 Å². The maximum atomic E-state index is 12.6. The van der Waals surface area contributed by atoms with Gasteiger partial charge in [0.15, 0.2) is 0 Å². The number of ether oxygens (including phenoxy) is 1. The number of thiazole rings is 1. The van der Waals surface area contributed by atoms with E-state index in [4.69, 9.17) is 4.74 Å². The molecule has 0 N–H and O–H groups in total. The molecule has 0 aliphatic heterocycles. The third-order valence-corrected chi connectivity index (χ3v) is 3.78. The van der Waals surface area contributed by atoms with E-state index in [9.17, 15) is 9.59 Å². The minimum Gasteiger partial charge on any atom is -0.463 e. The quantitative estimate of drug-likeness (QED) is 0.772. The monoisotopic (exact) mass is 318 g/mol. The molecule has 0 amide bonds. The van der Waals surface area contributed by atoms with Gasteiger partial charge in [0, 0.05) is 20.3 Å². The van der Waals surface area contributed by atoms with E-state index in [0.717, 1.165) is 5.69 Å². The SMILES string of the molecule is CCOC(=O)/C=c1\s/c(=C\N(C)C)c(=O)n1-c1ccccc1. The van der Waals surface area contributed by atoms with Crippen molar-refractivity contribution in [3.8, 4) is 5.69 Å². The van der Waals surface area contributed by atoms with Gasteiger partial charge in [0.05, 0.1) is 18.4 Å². The van der Waals surface area contributed by atoms with Crippen molar-refractivity contribution in [2.24, 2.45) is 0 Å². The Balaban J connectivity index is 2.72. The lowest BCUT2D eigenvalue weighted by Crippen LogP contribution is -2.31. The summed E-state index contributed by atoms with van der Waals surface area (Å²) in [5.41, 5.74) is 0.568. The normalized spacial score (nSPS) is 12.5. The first kappa shape index (κ1) is 16.0. The Bertz CT molecular complexity index is 819. The largest absolute Gasteiger partial charge is 0.463 e. The first-order valence-electron chi connectivity index (χ1n) is 6.87. The van der Waals surface area contributed by atoms with Crippen LogP contribution in [0.5, 0.6) is 0 Å². The van der Waals surface area contributed by atoms with Crippen LogP contribution in [0.2, 0.25) is 0 Å². The molecule has 1 aromatic heterocycles. The van der Waals surface area contributed by atoms with Crippen LogP contribution < -0.4 is 14.8 Å². The molecule has 5 nitrogen and oxygen atoms in total. The molecule has 0 fully saturated rings. The molecule has 1 heterocycles. The van der Waals surface area contributed by atoms with E-state index in [-0.39, 0.29) is 5.56 Å². The smallest absolute Gasteiger partial charge is 0.333 e. The van der Waals surface area contributed by atoms with Crippen molar-refractivity contribution in [2.45, 2.75) is 6.92 Å². The van der Waals surface area contributed by atoms with Crippen molar-refractivity contribution in [3.05, 3.63) is 49.9 Å². The van der Waals surface area contributed by atoms with Crippen LogP contribution in [0.25, 0.3) is 18.0 Å². The summed E-state index contributed by atoms with van der Waals surface area (Å²) >= 11 is 1.26. The Morgan fingerprint density at radius 3 is 2.59 bits per heavy atom. The molecule has 0 aliphatic rings. The molecule has 2 aromatic rings. The average Bonchev–Trinajstić information content (AvgIpc) is 2.75. The van der Waals surface area contributed by atoms with Crippen LogP contribution >= 0.6 is 11.3 Å². The second-order valence-corrected chi connectivity index (χ2v) is 5.83. The molecule has 0 atom stereocenters. The second kappa shape index (κ2) is 7.09. The summed E-state index contributed by atoms with van der Waals surface area (Å²) in [4.78, 5) is 26.1. The molecule has 1 aromatic carbocycles. The van der Waals surface area contributed by atoms with Gasteiger partial charge in [-0.05, 0) is 19.1 Å². The fourth-order valence-electron chi connectivity index (χ4n) is 1.93. The van der Waals surface area contributed by atoms with Gasteiger partial charge in [0.1, 0.15) is 9.20 Å². The molecule has 0 spiro atoms. The fourth-order valence-corrected chi connectivity index (χ4v) is 3.03. The standard InChI is InChI=1S/C16H18N2O3S/c1-4-21-15(19)10-14-18(12-8-6-5-7-9-12)16(20)13(22-14)11-17(2)3/h5-11H,4H2,1-3H3/b13-11-,14-10-. The maximum absolute atomic E-state index is 12.6. The van der Waals surface area contributed by atoms with Crippen LogP contribution in [-0.4, -0.2) is 36.1 Å². The summed E-state index contributed by atoms with van der Waals surface area (Å²) in [6.45, 7) is 2.04. The van der Waals surface area contributed by atoms with E-state index < -0.39 is 5.97 Å². The highest BCUT2D eigenvalue weighted by molar-refractivity contribution is 7.07. The van der Waals surface area contributed by atoms with Crippen LogP contribution in [0.4, 0.5) is 0 Å². The summed E-state index contributed by atoms with van der Waals surface area (Å²) in [6, 6.07) is 9.24. The molecule has 0 bridgehead atoms. The van der Waals surface area contributed by atoms with E-state index in [1.54, 1.807) is 18.0 Å². The van der Waals surface area contributed by atoms with Gasteiger partial charge >= 0.3 is 5.97 Å². The predicted molar refractivity (Wildman–Crippen MR) is 88.4 cm³/mol. The Morgan fingerprint density at radius 2 is 2.00 bits per heavy atom. The van der Waals surface area contributed by atoms with Crippen molar-refractivity contribution in [1.29, 1.82) is 0 Å². The van der Waals surface area contributed by atoms with E-state index in [1.165, 1.54) is 22.0 Å². The average molecular weight is 318 g/mol. The van der Waals surface area contributed by atoms with Gasteiger partial charge in [-0.3, -0.25) is 9.36 Å². The number of esters is 1. The number of benzene rings is 1. The van der Waals surface area contributed by atoms with Gasteiger partial charge in [-0.1, -0.05) is 18.2 Å². The summed E-state index contributed by atoms with van der Waals surface area (Å²) < 4.78 is 7.57. The molecular weight excluding hydrogens is 300 g/mol. The highest BCUT2D eigenvalue weighted by atomic mass is 32.1. The van der Waals surface area contributed by atoms with Crippen molar-refractivity contribution >= 4 is 29.6 Å². The Hall–Kier alpha value is -2.34. The van der Waals surface area contributed by atoms with Crippen molar-refractivity contribution in [1.82, 2.24) is 9.47 Å². The molecule has 2 rings (SSSR count). The minimum atomic E-state index is -0.454. The molecule has 22 heavy (non-hydrogen) atoms. The zero-order valence-corrected chi connectivity index (χ0v) is 13.6. The lowest BCUT2D eigenvalue weighted by Gasteiger charge is -2.02. The molecule has 6 heteroatoms. The third kappa shape index (κ3) is 3.65. The van der Waals surface area contributed by atoms with Crippen LogP contribution in [0.15, 0.2) is 35.1 Å². The van der Waals surface area contributed by atoms with Gasteiger partial charge in [0.2, 0.25) is 0 Å². The molecule has 0 saturated heterocycles. The summed E-state index contributed by atoms with van der Waals surface area (Å²) in [5.74, 6) is -0.454. The van der Waals surface area contributed by atoms with E-state index in [2.05, 4.69) is 0 Å². The Kier molecular flexibility index (Phi) is 5.16. The number of carbonyl (C=O) groups excluding carboxylic acids is 1. The molecule has 0 aliphatic carbocycles. The number of nitrogens with zero attached hydrogens (tertiary/aromatic N) is 2. The number of carbonyl (C=O) groups is 1. The van der Waals surface area contributed by atoms with Crippen molar-refractivity contribution in [3.63, 3.8) is 0 Å². The topological polar surface area (TPSA) is 51.5 Å². The summed E-state index contributed by atoms with van der Waals surface area (Å²) in [6.07, 6.45) is 3.10. The number of aromatic nitrogens is 1. The molecule has 116 valence electrons. The predicted octanol–water partition coefficient (Wildman–Crippen LogP) is 0.542. The molecule has 0 unspecified atom stereocenters. The maximum Gasteiger partial charge on any atom is 0.333 e. The number of hydrogen-bond acceptors (Lipinski definition) is 5. The zero-order chi connectivity index (χ0) is 16.1. The minimum absolute atomic E-state index is 0.152. The highest BCUT2D eigenvalue weighted by Gasteiger charge is 2.08. The second-order valence-electron chi connectivity index (χ2n) is 4.77. The van der Waals surface area contributed by atoms with Crippen LogP contribution in [0, 0.1) is 0 Å². The van der Waals surface area contributed by atoms with Crippen molar-refractivity contribution < 1.29 is 9.53 Å². The van der Waals surface area contributed by atoms with Crippen molar-refractivity contribution in [2.75, 3.05) is 20.7 Å². The number of para-hydroxylation sites is 1. The van der Waals surface area contributed by atoms with Crippen LogP contribution in [0.3, 0.4) is 0 Å². The fraction of sp³-hybridized carbons (Fsp3) is 0.250. The van der Waals surface area contributed by atoms with Gasteiger partial charge in [-0.15, -0.1) is 11.3 Å². The van der Waals surface area contributed by atoms with E-state index in [0.29, 0.717) is 15.8 Å². The van der Waals surface area contributed by atoms with Gasteiger partial charge in [-0.25, -0.2) is 4.79 Å². The van der Waals surface area contributed by atoms with E-state index >= 15 is 0 Å². The Morgan fingerprint density at radius 1 is 1.32 bits per heavy atom. The number of hydrogen-bond donors (Lipinski definition) is 0. The lowest BCUT2D eigenvalue weighted by atomic mass is 10.3. The van der Waals surface area contributed by atoms with Gasteiger partial charge in [-0.2, -0.15) is 0 Å². The van der Waals surface area contributed by atoms with Crippen LogP contribution in [0.1, 0.15) is 6.92 Å². The first-order chi connectivity index (χ1) is 10.5. The molecule has 0 saturated carbocycles. The first-order valence-corrected chi connectivity index (χ1v) is 7.68. The zero-order valence-electron chi connectivity index (χ0n) is 12.8. The van der Waals surface area contributed by atoms with Gasteiger partial charge in [0.25, 0.3) is 5.56 Å². The third-order valence-electron chi connectivity index (χ3n) is 2.77. The van der Waals surface area contributed by atoms with Crippen LogP contribution in [-0.2, 0) is 9.53 Å². The van der Waals surface area contributed by atoms with E-state index in [1.807, 2.05) is 44.4 Å². The highest BCUT2D eigenvalue weighted by Crippen LogP contribution is 2.01. The molecular formula is C16H18N2O3S. The number of rotatable bonds is 4. The lowest BCUT2D eigenvalue weighted by molar-refractivity contribution is -0.135.